The molecule has 0 bridgehead atoms. The standard InChI is InChI=1S/C20H21F2N3O2/c1-23(2)16-6-3-14(4-7-16)19(26)24-9-11-25(12-10-24)20(27)17-13-15(21)5-8-18(17)22/h3-8,13H,9-12H2,1-2H3. The third-order valence-electron chi connectivity index (χ3n) is 4.64. The van der Waals surface area contributed by atoms with Crippen molar-refractivity contribution in [3.8, 4) is 0 Å². The number of anilines is 1. The zero-order valence-electron chi connectivity index (χ0n) is 15.3. The molecule has 27 heavy (non-hydrogen) atoms. The van der Waals surface area contributed by atoms with Crippen LogP contribution in [0.3, 0.4) is 0 Å². The monoisotopic (exact) mass is 373 g/mol. The van der Waals surface area contributed by atoms with Gasteiger partial charge in [0.2, 0.25) is 0 Å². The largest absolute Gasteiger partial charge is 0.378 e. The summed E-state index contributed by atoms with van der Waals surface area (Å²) in [7, 11) is 3.85. The number of halogens is 2. The van der Waals surface area contributed by atoms with Gasteiger partial charge in [0.1, 0.15) is 11.6 Å². The average Bonchev–Trinajstić information content (AvgIpc) is 2.69. The van der Waals surface area contributed by atoms with Gasteiger partial charge in [-0.05, 0) is 42.5 Å². The molecule has 0 unspecified atom stereocenters. The quantitative estimate of drug-likeness (QED) is 0.831. The molecular weight excluding hydrogens is 352 g/mol. The zero-order valence-corrected chi connectivity index (χ0v) is 15.3. The Hall–Kier alpha value is -2.96. The van der Waals surface area contributed by atoms with E-state index in [1.165, 1.54) is 4.90 Å². The number of rotatable bonds is 3. The van der Waals surface area contributed by atoms with Gasteiger partial charge in [0.25, 0.3) is 11.8 Å². The normalized spacial score (nSPS) is 14.2. The van der Waals surface area contributed by atoms with Gasteiger partial charge in [0.15, 0.2) is 0 Å². The number of benzene rings is 2. The minimum absolute atomic E-state index is 0.107. The molecule has 5 nitrogen and oxygen atoms in total. The third-order valence-corrected chi connectivity index (χ3v) is 4.64. The van der Waals surface area contributed by atoms with Gasteiger partial charge in [0.05, 0.1) is 5.56 Å². The maximum atomic E-state index is 13.8. The second kappa shape index (κ2) is 7.73. The van der Waals surface area contributed by atoms with Crippen LogP contribution in [0.15, 0.2) is 42.5 Å². The Kier molecular flexibility index (Phi) is 5.39. The molecule has 3 rings (SSSR count). The van der Waals surface area contributed by atoms with Crippen LogP contribution in [0.1, 0.15) is 20.7 Å². The molecular formula is C20H21F2N3O2. The molecule has 7 heteroatoms. The molecule has 1 saturated heterocycles. The summed E-state index contributed by atoms with van der Waals surface area (Å²) in [5.74, 6) is -2.07. The highest BCUT2D eigenvalue weighted by atomic mass is 19.1. The van der Waals surface area contributed by atoms with Crippen LogP contribution in [-0.4, -0.2) is 61.9 Å². The number of amides is 2. The number of nitrogens with zero attached hydrogens (tertiary/aromatic N) is 3. The first-order chi connectivity index (χ1) is 12.9. The molecule has 0 N–H and O–H groups in total. The predicted octanol–water partition coefficient (Wildman–Crippen LogP) is 2.63. The lowest BCUT2D eigenvalue weighted by Gasteiger charge is -2.35. The number of hydrogen-bond acceptors (Lipinski definition) is 3. The van der Waals surface area contributed by atoms with E-state index in [-0.39, 0.29) is 24.6 Å². The smallest absolute Gasteiger partial charge is 0.257 e. The fourth-order valence-electron chi connectivity index (χ4n) is 3.03. The number of hydrogen-bond donors (Lipinski definition) is 0. The molecule has 142 valence electrons. The Morgan fingerprint density at radius 1 is 0.852 bits per heavy atom. The average molecular weight is 373 g/mol. The Bertz CT molecular complexity index is 845. The van der Waals surface area contributed by atoms with Crippen LogP contribution < -0.4 is 4.90 Å². The first-order valence-corrected chi connectivity index (χ1v) is 8.68. The molecule has 2 amide bonds. The fourth-order valence-corrected chi connectivity index (χ4v) is 3.03. The first kappa shape index (κ1) is 18.8. The molecule has 2 aromatic rings. The molecule has 0 atom stereocenters. The second-order valence-corrected chi connectivity index (χ2v) is 6.65. The lowest BCUT2D eigenvalue weighted by Crippen LogP contribution is -2.50. The second-order valence-electron chi connectivity index (χ2n) is 6.65. The van der Waals surface area contributed by atoms with E-state index in [0.717, 1.165) is 23.9 Å². The van der Waals surface area contributed by atoms with Crippen LogP contribution in [0.2, 0.25) is 0 Å². The highest BCUT2D eigenvalue weighted by molar-refractivity contribution is 5.96. The van der Waals surface area contributed by atoms with Crippen molar-refractivity contribution in [2.24, 2.45) is 0 Å². The van der Waals surface area contributed by atoms with E-state index in [0.29, 0.717) is 18.7 Å². The van der Waals surface area contributed by atoms with Crippen molar-refractivity contribution in [2.45, 2.75) is 0 Å². The van der Waals surface area contributed by atoms with E-state index in [1.54, 1.807) is 17.0 Å². The van der Waals surface area contributed by atoms with E-state index < -0.39 is 17.5 Å². The molecule has 0 aromatic heterocycles. The molecule has 1 heterocycles. The maximum absolute atomic E-state index is 13.8. The molecule has 1 aliphatic rings. The van der Waals surface area contributed by atoms with Gasteiger partial charge >= 0.3 is 0 Å². The van der Waals surface area contributed by atoms with E-state index in [2.05, 4.69) is 0 Å². The number of carbonyl (C=O) groups is 2. The topological polar surface area (TPSA) is 43.9 Å². The van der Waals surface area contributed by atoms with E-state index >= 15 is 0 Å². The molecule has 0 saturated carbocycles. The molecule has 2 aromatic carbocycles. The van der Waals surface area contributed by atoms with E-state index in [4.69, 9.17) is 0 Å². The number of piperazine rings is 1. The van der Waals surface area contributed by atoms with Gasteiger partial charge in [-0.1, -0.05) is 0 Å². The minimum Gasteiger partial charge on any atom is -0.378 e. The van der Waals surface area contributed by atoms with Gasteiger partial charge in [-0.2, -0.15) is 0 Å². The summed E-state index contributed by atoms with van der Waals surface area (Å²) in [5.41, 5.74) is 1.30. The predicted molar refractivity (Wildman–Crippen MR) is 98.9 cm³/mol. The third kappa shape index (κ3) is 4.07. The summed E-state index contributed by atoms with van der Waals surface area (Å²) in [6.45, 7) is 1.24. The lowest BCUT2D eigenvalue weighted by molar-refractivity contribution is 0.0532. The van der Waals surface area contributed by atoms with Crippen molar-refractivity contribution in [3.05, 3.63) is 65.2 Å². The van der Waals surface area contributed by atoms with E-state index in [9.17, 15) is 18.4 Å². The highest BCUT2D eigenvalue weighted by Gasteiger charge is 2.27. The summed E-state index contributed by atoms with van der Waals surface area (Å²) in [4.78, 5) is 30.1. The molecule has 0 radical (unpaired) electrons. The first-order valence-electron chi connectivity index (χ1n) is 8.68. The summed E-state index contributed by atoms with van der Waals surface area (Å²) < 4.78 is 27.1. The van der Waals surface area contributed by atoms with Crippen molar-refractivity contribution in [1.82, 2.24) is 9.80 Å². The molecule has 1 aliphatic heterocycles. The minimum atomic E-state index is -0.749. The highest BCUT2D eigenvalue weighted by Crippen LogP contribution is 2.17. The van der Waals surface area contributed by atoms with Gasteiger partial charge in [-0.25, -0.2) is 8.78 Å². The van der Waals surface area contributed by atoms with Crippen LogP contribution in [0.4, 0.5) is 14.5 Å². The molecule has 1 fully saturated rings. The van der Waals surface area contributed by atoms with Crippen molar-refractivity contribution in [2.75, 3.05) is 45.2 Å². The van der Waals surface area contributed by atoms with Crippen molar-refractivity contribution < 1.29 is 18.4 Å². The Morgan fingerprint density at radius 3 is 1.96 bits per heavy atom. The van der Waals surface area contributed by atoms with Gasteiger partial charge in [-0.15, -0.1) is 0 Å². The van der Waals surface area contributed by atoms with Gasteiger partial charge in [-0.3, -0.25) is 9.59 Å². The van der Waals surface area contributed by atoms with E-state index in [1.807, 2.05) is 31.1 Å². The summed E-state index contributed by atoms with van der Waals surface area (Å²) >= 11 is 0. The Labute approximate surface area is 156 Å². The van der Waals surface area contributed by atoms with Crippen LogP contribution in [0, 0.1) is 11.6 Å². The van der Waals surface area contributed by atoms with Gasteiger partial charge in [0, 0.05) is 51.5 Å². The Balaban J connectivity index is 1.63. The zero-order chi connectivity index (χ0) is 19.6. The van der Waals surface area contributed by atoms with Crippen molar-refractivity contribution in [1.29, 1.82) is 0 Å². The van der Waals surface area contributed by atoms with Crippen LogP contribution in [-0.2, 0) is 0 Å². The van der Waals surface area contributed by atoms with Crippen LogP contribution in [0.5, 0.6) is 0 Å². The molecule has 0 spiro atoms. The van der Waals surface area contributed by atoms with Crippen molar-refractivity contribution >= 4 is 17.5 Å². The van der Waals surface area contributed by atoms with Gasteiger partial charge < -0.3 is 14.7 Å². The fraction of sp³-hybridized carbons (Fsp3) is 0.300. The Morgan fingerprint density at radius 2 is 1.41 bits per heavy atom. The SMILES string of the molecule is CN(C)c1ccc(C(=O)N2CCN(C(=O)c3cc(F)ccc3F)CC2)cc1. The lowest BCUT2D eigenvalue weighted by atomic mass is 10.1. The van der Waals surface area contributed by atoms with Crippen LogP contribution >= 0.6 is 0 Å². The summed E-state index contributed by atoms with van der Waals surface area (Å²) in [5, 5.41) is 0. The van der Waals surface area contributed by atoms with Crippen LogP contribution in [0.25, 0.3) is 0 Å². The number of carbonyl (C=O) groups excluding carboxylic acids is 2. The summed E-state index contributed by atoms with van der Waals surface area (Å²) in [6, 6.07) is 10.1. The maximum Gasteiger partial charge on any atom is 0.257 e. The molecule has 0 aliphatic carbocycles. The summed E-state index contributed by atoms with van der Waals surface area (Å²) in [6.07, 6.45) is 0. The van der Waals surface area contributed by atoms with Crippen molar-refractivity contribution in [3.63, 3.8) is 0 Å².